The van der Waals surface area contributed by atoms with E-state index in [2.05, 4.69) is 26.6 Å². The lowest BCUT2D eigenvalue weighted by atomic mass is 10.2. The fraction of sp³-hybridized carbons (Fsp3) is 0.211. The van der Waals surface area contributed by atoms with Crippen LogP contribution in [0.3, 0.4) is 0 Å². The molecule has 2 N–H and O–H groups in total. The number of hydrogen-bond acceptors (Lipinski definition) is 4. The maximum atomic E-state index is 11.9. The van der Waals surface area contributed by atoms with Gasteiger partial charge in [-0.25, -0.2) is 0 Å². The van der Waals surface area contributed by atoms with Gasteiger partial charge >= 0.3 is 5.97 Å². The molecule has 0 saturated carbocycles. The molecule has 0 unspecified atom stereocenters. The topological polar surface area (TPSA) is 84.5 Å². The zero-order valence-electron chi connectivity index (χ0n) is 14.9. The number of benzene rings is 2. The van der Waals surface area contributed by atoms with Crippen LogP contribution in [0, 0.1) is 6.92 Å². The fourth-order valence-electron chi connectivity index (χ4n) is 2.20. The van der Waals surface area contributed by atoms with Crippen LogP contribution >= 0.6 is 39.1 Å². The number of aryl methyl sites for hydroxylation is 1. The quantitative estimate of drug-likeness (QED) is 0.540. The van der Waals surface area contributed by atoms with Crippen LogP contribution in [0.2, 0.25) is 10.0 Å². The van der Waals surface area contributed by atoms with Gasteiger partial charge in [-0.3, -0.25) is 14.4 Å². The molecule has 28 heavy (non-hydrogen) atoms. The fourth-order valence-corrected chi connectivity index (χ4v) is 3.02. The van der Waals surface area contributed by atoms with Crippen LogP contribution in [0.5, 0.6) is 0 Å². The molecule has 0 radical (unpaired) electrons. The Morgan fingerprint density at radius 3 is 2.43 bits per heavy atom. The number of rotatable bonds is 7. The third kappa shape index (κ3) is 6.82. The Hall–Kier alpha value is -2.09. The van der Waals surface area contributed by atoms with Gasteiger partial charge in [0.1, 0.15) is 0 Å². The summed E-state index contributed by atoms with van der Waals surface area (Å²) in [5.74, 6) is -1.54. The predicted octanol–water partition coefficient (Wildman–Crippen LogP) is 4.96. The molecule has 0 atom stereocenters. The van der Waals surface area contributed by atoms with Crippen LogP contribution in [0.15, 0.2) is 40.9 Å². The van der Waals surface area contributed by atoms with E-state index in [1.54, 1.807) is 30.3 Å². The smallest absolute Gasteiger partial charge is 0.306 e. The summed E-state index contributed by atoms with van der Waals surface area (Å²) in [6, 6.07) is 10.2. The maximum Gasteiger partial charge on any atom is 0.306 e. The second-order valence-corrected chi connectivity index (χ2v) is 7.52. The zero-order valence-corrected chi connectivity index (χ0v) is 18.0. The average molecular weight is 488 g/mol. The minimum absolute atomic E-state index is 0.116. The minimum Gasteiger partial charge on any atom is -0.456 e. The molecule has 0 aromatic heterocycles. The summed E-state index contributed by atoms with van der Waals surface area (Å²) in [4.78, 5) is 35.6. The average Bonchev–Trinajstić information content (AvgIpc) is 2.64. The Morgan fingerprint density at radius 2 is 1.71 bits per heavy atom. The first-order valence-corrected chi connectivity index (χ1v) is 9.76. The maximum absolute atomic E-state index is 11.9. The molecule has 0 aliphatic rings. The highest BCUT2D eigenvalue weighted by Gasteiger charge is 2.13. The van der Waals surface area contributed by atoms with Crippen molar-refractivity contribution in [2.75, 3.05) is 17.2 Å². The number of carbonyl (C=O) groups is 3. The van der Waals surface area contributed by atoms with E-state index in [4.69, 9.17) is 27.9 Å². The highest BCUT2D eigenvalue weighted by atomic mass is 79.9. The molecule has 0 fully saturated rings. The number of amides is 2. The van der Waals surface area contributed by atoms with Crippen molar-refractivity contribution in [1.82, 2.24) is 0 Å². The summed E-state index contributed by atoms with van der Waals surface area (Å²) in [5, 5.41) is 5.76. The summed E-state index contributed by atoms with van der Waals surface area (Å²) in [7, 11) is 0. The van der Waals surface area contributed by atoms with E-state index < -0.39 is 24.4 Å². The number of carbonyl (C=O) groups excluding carboxylic acids is 3. The number of nitrogens with one attached hydrogen (secondary N) is 2. The Labute approximate surface area is 180 Å². The predicted molar refractivity (Wildman–Crippen MR) is 113 cm³/mol. The molecule has 0 heterocycles. The van der Waals surface area contributed by atoms with Crippen LogP contribution in [-0.4, -0.2) is 24.4 Å². The molecule has 0 spiro atoms. The Balaban J connectivity index is 1.74. The van der Waals surface area contributed by atoms with Gasteiger partial charge in [0.25, 0.3) is 5.91 Å². The van der Waals surface area contributed by atoms with Crippen molar-refractivity contribution in [3.05, 3.63) is 56.5 Å². The normalized spacial score (nSPS) is 10.3. The molecule has 2 rings (SSSR count). The van der Waals surface area contributed by atoms with Crippen molar-refractivity contribution in [2.45, 2.75) is 19.8 Å². The Kier molecular flexibility index (Phi) is 8.29. The number of ether oxygens (including phenoxy) is 1. The first kappa shape index (κ1) is 22.2. The van der Waals surface area contributed by atoms with Crippen molar-refractivity contribution in [2.24, 2.45) is 0 Å². The third-order valence-electron chi connectivity index (χ3n) is 3.61. The summed E-state index contributed by atoms with van der Waals surface area (Å²) < 4.78 is 5.79. The third-order valence-corrected chi connectivity index (χ3v) is 4.92. The first-order chi connectivity index (χ1) is 13.3. The Bertz CT molecular complexity index is 905. The summed E-state index contributed by atoms with van der Waals surface area (Å²) >= 11 is 15.2. The molecule has 0 saturated heterocycles. The van der Waals surface area contributed by atoms with Gasteiger partial charge in [-0.1, -0.05) is 45.2 Å². The molecule has 2 aromatic rings. The van der Waals surface area contributed by atoms with Crippen molar-refractivity contribution >= 4 is 68.3 Å². The van der Waals surface area contributed by atoms with Crippen molar-refractivity contribution in [3.8, 4) is 0 Å². The van der Waals surface area contributed by atoms with Crippen LogP contribution < -0.4 is 10.6 Å². The van der Waals surface area contributed by atoms with E-state index in [1.165, 1.54) is 0 Å². The molecule has 0 bridgehead atoms. The van der Waals surface area contributed by atoms with E-state index in [-0.39, 0.29) is 17.9 Å². The summed E-state index contributed by atoms with van der Waals surface area (Å²) in [5.41, 5.74) is 1.85. The van der Waals surface area contributed by atoms with Crippen LogP contribution in [0.25, 0.3) is 0 Å². The lowest BCUT2D eigenvalue weighted by Gasteiger charge is -2.10. The molecule has 6 nitrogen and oxygen atoms in total. The first-order valence-electron chi connectivity index (χ1n) is 8.21. The summed E-state index contributed by atoms with van der Waals surface area (Å²) in [6.45, 7) is 1.41. The van der Waals surface area contributed by atoms with Gasteiger partial charge in [0, 0.05) is 16.6 Å². The van der Waals surface area contributed by atoms with E-state index >= 15 is 0 Å². The lowest BCUT2D eigenvalue weighted by Crippen LogP contribution is -2.22. The molecule has 2 aromatic carbocycles. The minimum atomic E-state index is -0.657. The number of anilines is 2. The lowest BCUT2D eigenvalue weighted by molar-refractivity contribution is -0.147. The number of hydrogen-bond donors (Lipinski definition) is 2. The van der Waals surface area contributed by atoms with Crippen LogP contribution in [-0.2, 0) is 19.1 Å². The van der Waals surface area contributed by atoms with Gasteiger partial charge in [-0.05, 0) is 42.8 Å². The van der Waals surface area contributed by atoms with Crippen LogP contribution in [0.4, 0.5) is 11.4 Å². The Morgan fingerprint density at radius 1 is 1.00 bits per heavy atom. The molecule has 0 aliphatic carbocycles. The van der Waals surface area contributed by atoms with Crippen molar-refractivity contribution < 1.29 is 19.1 Å². The van der Waals surface area contributed by atoms with Gasteiger partial charge in [-0.2, -0.15) is 0 Å². The van der Waals surface area contributed by atoms with E-state index in [0.29, 0.717) is 16.4 Å². The highest BCUT2D eigenvalue weighted by molar-refractivity contribution is 9.10. The van der Waals surface area contributed by atoms with Crippen LogP contribution in [0.1, 0.15) is 18.4 Å². The van der Waals surface area contributed by atoms with E-state index in [1.807, 2.05) is 13.0 Å². The van der Waals surface area contributed by atoms with E-state index in [9.17, 15) is 14.4 Å². The molecule has 9 heteroatoms. The largest absolute Gasteiger partial charge is 0.456 e. The monoisotopic (exact) mass is 486 g/mol. The second kappa shape index (κ2) is 10.5. The second-order valence-electron chi connectivity index (χ2n) is 5.82. The van der Waals surface area contributed by atoms with Gasteiger partial charge in [0.05, 0.1) is 22.2 Å². The molecule has 0 aliphatic heterocycles. The molecular formula is C19H17BrCl2N2O4. The SMILES string of the molecule is Cc1cc(Br)ccc1NC(=O)COC(=O)CCC(=O)Nc1cccc(Cl)c1Cl. The summed E-state index contributed by atoms with van der Waals surface area (Å²) in [6.07, 6.45) is -0.288. The van der Waals surface area contributed by atoms with Crippen molar-refractivity contribution in [3.63, 3.8) is 0 Å². The van der Waals surface area contributed by atoms with Crippen molar-refractivity contribution in [1.29, 1.82) is 0 Å². The van der Waals surface area contributed by atoms with Gasteiger partial charge in [0.15, 0.2) is 6.61 Å². The van der Waals surface area contributed by atoms with Gasteiger partial charge < -0.3 is 15.4 Å². The van der Waals surface area contributed by atoms with Gasteiger partial charge in [-0.15, -0.1) is 0 Å². The van der Waals surface area contributed by atoms with E-state index in [0.717, 1.165) is 10.0 Å². The molecule has 148 valence electrons. The van der Waals surface area contributed by atoms with Gasteiger partial charge in [0.2, 0.25) is 5.91 Å². The number of halogens is 3. The standard InChI is InChI=1S/C19H17BrCl2N2O4/c1-11-9-12(20)5-6-14(11)23-17(26)10-28-18(27)8-7-16(25)24-15-4-2-3-13(21)19(15)22/h2-6,9H,7-8,10H2,1H3,(H,23,26)(H,24,25). The molecule has 2 amide bonds. The number of esters is 1. The molecular weight excluding hydrogens is 471 g/mol. The highest BCUT2D eigenvalue weighted by Crippen LogP contribution is 2.29. The zero-order chi connectivity index (χ0) is 20.7.